The molecule has 0 radical (unpaired) electrons. The number of halogens is 2. The molecule has 104 valence electrons. The maximum atomic E-state index is 11.9. The number of nitrogens with one attached hydrogen (secondary N) is 1. The number of hydrogen-bond donors (Lipinski definition) is 1. The smallest absolute Gasteiger partial charge is 0.251 e. The van der Waals surface area contributed by atoms with E-state index in [0.29, 0.717) is 15.7 Å². The fraction of sp³-hybridized carbons (Fsp3) is 0.143. The molecular weight excluding hydrogens is 299 g/mol. The normalized spacial score (nSPS) is 10.3. The molecule has 0 aliphatic rings. The summed E-state index contributed by atoms with van der Waals surface area (Å²) in [5.74, 6) is -0.311. The van der Waals surface area contributed by atoms with Gasteiger partial charge in [-0.2, -0.15) is 0 Å². The van der Waals surface area contributed by atoms with Crippen LogP contribution >= 0.6 is 23.2 Å². The Labute approximate surface area is 125 Å². The number of hydrogen-bond acceptors (Lipinski definition) is 2. The van der Waals surface area contributed by atoms with Crippen LogP contribution in [-0.4, -0.2) is 10.5 Å². The van der Waals surface area contributed by atoms with Crippen molar-refractivity contribution in [3.8, 4) is 0 Å². The van der Waals surface area contributed by atoms with Crippen LogP contribution in [0.1, 0.15) is 5.56 Å². The van der Waals surface area contributed by atoms with Crippen molar-refractivity contribution in [3.63, 3.8) is 0 Å². The van der Waals surface area contributed by atoms with E-state index in [9.17, 15) is 9.59 Å². The highest BCUT2D eigenvalue weighted by molar-refractivity contribution is 6.42. The first-order valence-electron chi connectivity index (χ1n) is 5.88. The summed E-state index contributed by atoms with van der Waals surface area (Å²) in [7, 11) is 0. The molecular formula is C14H12Cl2N2O2. The summed E-state index contributed by atoms with van der Waals surface area (Å²) in [4.78, 5) is 23.5. The Balaban J connectivity index is 2.09. The molecule has 0 atom stereocenters. The summed E-state index contributed by atoms with van der Waals surface area (Å²) < 4.78 is 1.33. The number of benzene rings is 1. The lowest BCUT2D eigenvalue weighted by atomic mass is 10.3. The minimum Gasteiger partial charge on any atom is -0.324 e. The molecule has 6 heteroatoms. The fourth-order valence-corrected chi connectivity index (χ4v) is 1.96. The lowest BCUT2D eigenvalue weighted by molar-refractivity contribution is -0.116. The van der Waals surface area contributed by atoms with Gasteiger partial charge in [0, 0.05) is 18.0 Å². The van der Waals surface area contributed by atoms with Crippen molar-refractivity contribution in [2.45, 2.75) is 13.5 Å². The molecule has 4 nitrogen and oxygen atoms in total. The second-order valence-corrected chi connectivity index (χ2v) is 5.16. The van der Waals surface area contributed by atoms with Gasteiger partial charge in [-0.05, 0) is 36.8 Å². The van der Waals surface area contributed by atoms with E-state index in [1.54, 1.807) is 30.5 Å². The molecule has 0 spiro atoms. The van der Waals surface area contributed by atoms with E-state index in [1.165, 1.54) is 10.6 Å². The highest BCUT2D eigenvalue weighted by Gasteiger charge is 2.06. The standard InChI is InChI=1S/C14H12Cl2N2O2/c1-9-4-5-18(14(20)6-9)8-13(19)17-10-2-3-11(15)12(16)7-10/h2-7H,8H2,1H3,(H,17,19). The minimum absolute atomic E-state index is 0.0562. The molecule has 1 aromatic heterocycles. The number of anilines is 1. The SMILES string of the molecule is Cc1ccn(CC(=O)Nc2ccc(Cl)c(Cl)c2)c(=O)c1. The van der Waals surface area contributed by atoms with Gasteiger partial charge < -0.3 is 9.88 Å². The zero-order valence-corrected chi connectivity index (χ0v) is 12.2. The maximum Gasteiger partial charge on any atom is 0.251 e. The molecule has 1 N–H and O–H groups in total. The van der Waals surface area contributed by atoms with Crippen LogP contribution in [-0.2, 0) is 11.3 Å². The van der Waals surface area contributed by atoms with E-state index < -0.39 is 0 Å². The van der Waals surface area contributed by atoms with Gasteiger partial charge in [-0.25, -0.2) is 0 Å². The highest BCUT2D eigenvalue weighted by Crippen LogP contribution is 2.24. The van der Waals surface area contributed by atoms with Crippen molar-refractivity contribution in [2.24, 2.45) is 0 Å². The number of carbonyl (C=O) groups excluding carboxylic acids is 1. The molecule has 0 bridgehead atoms. The van der Waals surface area contributed by atoms with Gasteiger partial charge in [0.2, 0.25) is 5.91 Å². The van der Waals surface area contributed by atoms with Crippen molar-refractivity contribution < 1.29 is 4.79 Å². The first-order valence-corrected chi connectivity index (χ1v) is 6.63. The van der Waals surface area contributed by atoms with Crippen molar-refractivity contribution >= 4 is 34.8 Å². The van der Waals surface area contributed by atoms with Gasteiger partial charge in [-0.15, -0.1) is 0 Å². The average molecular weight is 311 g/mol. The topological polar surface area (TPSA) is 51.1 Å². The number of amides is 1. The van der Waals surface area contributed by atoms with Crippen molar-refractivity contribution in [1.82, 2.24) is 4.57 Å². The molecule has 1 amide bonds. The van der Waals surface area contributed by atoms with Gasteiger partial charge in [0.15, 0.2) is 0 Å². The Morgan fingerprint density at radius 1 is 1.20 bits per heavy atom. The number of pyridine rings is 1. The molecule has 20 heavy (non-hydrogen) atoms. The quantitative estimate of drug-likeness (QED) is 0.947. The second kappa shape index (κ2) is 6.11. The summed E-state index contributed by atoms with van der Waals surface area (Å²) >= 11 is 11.7. The van der Waals surface area contributed by atoms with Gasteiger partial charge in [-0.3, -0.25) is 9.59 Å². The van der Waals surface area contributed by atoms with Gasteiger partial charge >= 0.3 is 0 Å². The maximum absolute atomic E-state index is 11.9. The minimum atomic E-state index is -0.311. The Kier molecular flexibility index (Phi) is 4.47. The summed E-state index contributed by atoms with van der Waals surface area (Å²) in [5.41, 5.74) is 1.18. The number of rotatable bonds is 3. The molecule has 0 unspecified atom stereocenters. The predicted molar refractivity (Wildman–Crippen MR) is 80.5 cm³/mol. The first kappa shape index (κ1) is 14.6. The van der Waals surface area contributed by atoms with E-state index in [-0.39, 0.29) is 18.0 Å². The van der Waals surface area contributed by atoms with E-state index in [0.717, 1.165) is 5.56 Å². The monoisotopic (exact) mass is 310 g/mol. The first-order chi connectivity index (χ1) is 9.45. The molecule has 0 aliphatic carbocycles. The van der Waals surface area contributed by atoms with Crippen LogP contribution in [0.5, 0.6) is 0 Å². The van der Waals surface area contributed by atoms with Crippen LogP contribution < -0.4 is 10.9 Å². The predicted octanol–water partition coefficient (Wildman–Crippen LogP) is 3.10. The van der Waals surface area contributed by atoms with Crippen molar-refractivity contribution in [3.05, 3.63) is 62.5 Å². The summed E-state index contributed by atoms with van der Waals surface area (Å²) in [6.07, 6.45) is 1.59. The average Bonchev–Trinajstić information content (AvgIpc) is 2.37. The molecule has 0 aliphatic heterocycles. The van der Waals surface area contributed by atoms with Crippen molar-refractivity contribution in [2.75, 3.05) is 5.32 Å². The number of aryl methyl sites for hydroxylation is 1. The van der Waals surface area contributed by atoms with Crippen LogP contribution in [0.4, 0.5) is 5.69 Å². The Hall–Kier alpha value is -1.78. The Morgan fingerprint density at radius 2 is 1.95 bits per heavy atom. The fourth-order valence-electron chi connectivity index (χ4n) is 1.67. The van der Waals surface area contributed by atoms with Crippen LogP contribution in [0.3, 0.4) is 0 Å². The molecule has 1 heterocycles. The second-order valence-electron chi connectivity index (χ2n) is 4.35. The van der Waals surface area contributed by atoms with Gasteiger partial charge in [0.25, 0.3) is 5.56 Å². The third-order valence-electron chi connectivity index (χ3n) is 2.67. The zero-order chi connectivity index (χ0) is 14.7. The van der Waals surface area contributed by atoms with Crippen LogP contribution in [0.15, 0.2) is 41.3 Å². The lowest BCUT2D eigenvalue weighted by Crippen LogP contribution is -2.26. The Bertz CT molecular complexity index is 711. The van der Waals surface area contributed by atoms with E-state index in [4.69, 9.17) is 23.2 Å². The highest BCUT2D eigenvalue weighted by atomic mass is 35.5. The third-order valence-corrected chi connectivity index (χ3v) is 3.41. The number of aromatic nitrogens is 1. The van der Waals surface area contributed by atoms with Gasteiger partial charge in [0.1, 0.15) is 6.54 Å². The summed E-state index contributed by atoms with van der Waals surface area (Å²) in [6, 6.07) is 8.04. The zero-order valence-electron chi connectivity index (χ0n) is 10.7. The van der Waals surface area contributed by atoms with Crippen LogP contribution in [0, 0.1) is 6.92 Å². The van der Waals surface area contributed by atoms with E-state index in [2.05, 4.69) is 5.32 Å². The molecule has 2 rings (SSSR count). The van der Waals surface area contributed by atoms with E-state index >= 15 is 0 Å². The van der Waals surface area contributed by atoms with E-state index in [1.807, 2.05) is 6.92 Å². The molecule has 2 aromatic rings. The molecule has 0 saturated heterocycles. The summed E-state index contributed by atoms with van der Waals surface area (Å²) in [6.45, 7) is 1.76. The van der Waals surface area contributed by atoms with Crippen LogP contribution in [0.25, 0.3) is 0 Å². The lowest BCUT2D eigenvalue weighted by Gasteiger charge is -2.08. The molecule has 0 saturated carbocycles. The summed E-state index contributed by atoms with van der Waals surface area (Å²) in [5, 5.41) is 3.43. The molecule has 0 fully saturated rings. The number of nitrogens with zero attached hydrogens (tertiary/aromatic N) is 1. The van der Waals surface area contributed by atoms with Crippen LogP contribution in [0.2, 0.25) is 10.0 Å². The largest absolute Gasteiger partial charge is 0.324 e. The van der Waals surface area contributed by atoms with Crippen molar-refractivity contribution in [1.29, 1.82) is 0 Å². The number of carbonyl (C=O) groups is 1. The van der Waals surface area contributed by atoms with Gasteiger partial charge in [-0.1, -0.05) is 23.2 Å². The third kappa shape index (κ3) is 3.62. The Morgan fingerprint density at radius 3 is 2.60 bits per heavy atom. The molecule has 1 aromatic carbocycles. The van der Waals surface area contributed by atoms with Gasteiger partial charge in [0.05, 0.1) is 10.0 Å².